The molecule has 0 saturated carbocycles. The summed E-state index contributed by atoms with van der Waals surface area (Å²) in [5, 5.41) is 3.61. The molecule has 0 amide bonds. The number of hydrogen-bond donors (Lipinski definition) is 2. The average molecular weight is 484 g/mol. The molecule has 170 valence electrons. The number of rotatable bonds is 7. The first-order valence-corrected chi connectivity index (χ1v) is 12.1. The van der Waals surface area contributed by atoms with E-state index in [1.807, 2.05) is 30.3 Å². The number of thiazole rings is 1. The molecule has 1 atom stereocenters. The molecule has 2 aromatic heterocycles. The number of benzene rings is 1. The average Bonchev–Trinajstić information content (AvgIpc) is 3.40. The zero-order valence-electron chi connectivity index (χ0n) is 16.7. The van der Waals surface area contributed by atoms with Crippen LogP contribution in [0, 0.1) is 0 Å². The third-order valence-corrected chi connectivity index (χ3v) is 6.85. The summed E-state index contributed by atoms with van der Waals surface area (Å²) in [7, 11) is -4.31. The lowest BCUT2D eigenvalue weighted by Gasteiger charge is -2.20. The minimum Gasteiger partial charge on any atom is -0.379 e. The number of nitrogens with zero attached hydrogens (tertiary/aromatic N) is 3. The molecule has 4 rings (SSSR count). The molecule has 1 aromatic carbocycles. The number of hydrogen-bond acceptors (Lipinski definition) is 7. The summed E-state index contributed by atoms with van der Waals surface area (Å²) in [6.07, 6.45) is -3.16. The van der Waals surface area contributed by atoms with E-state index in [0.29, 0.717) is 25.6 Å². The first-order chi connectivity index (χ1) is 15.2. The molecule has 0 bridgehead atoms. The van der Waals surface area contributed by atoms with Crippen molar-refractivity contribution in [3.63, 3.8) is 0 Å². The van der Waals surface area contributed by atoms with Crippen molar-refractivity contribution in [3.8, 4) is 0 Å². The Kier molecular flexibility index (Phi) is 6.35. The lowest BCUT2D eigenvalue weighted by Crippen LogP contribution is -2.27. The highest BCUT2D eigenvalue weighted by Gasteiger charge is 2.36. The predicted molar refractivity (Wildman–Crippen MR) is 116 cm³/mol. The minimum absolute atomic E-state index is 0.0250. The number of aromatic nitrogens is 2. The number of likely N-dealkylation sites (tertiary alicyclic amines) is 1. The van der Waals surface area contributed by atoms with Gasteiger partial charge in [-0.2, -0.15) is 21.6 Å². The maximum absolute atomic E-state index is 13.7. The van der Waals surface area contributed by atoms with Crippen LogP contribution in [0.15, 0.2) is 58.5 Å². The first kappa shape index (κ1) is 22.5. The summed E-state index contributed by atoms with van der Waals surface area (Å²) in [5.41, 5.74) is 1.22. The number of nitrogens with one attached hydrogen (secondary N) is 2. The molecule has 1 aliphatic rings. The second-order valence-corrected chi connectivity index (χ2v) is 9.74. The minimum atomic E-state index is -4.75. The molecule has 0 unspecified atom stereocenters. The molecule has 1 aliphatic heterocycles. The Balaban J connectivity index is 1.50. The van der Waals surface area contributed by atoms with Crippen molar-refractivity contribution in [2.45, 2.75) is 30.2 Å². The summed E-state index contributed by atoms with van der Waals surface area (Å²) >= 11 is 1.15. The standard InChI is InChI=1S/C20H20F3N5O2S2/c21-20(22,23)16-8-19(32(29,30)27-18-12-31-13-25-18)24-9-17(16)26-15-6-7-28(11-15)10-14-4-2-1-3-5-14/h1-5,8-9,12-13,15,26-27H,6-7,10-11H2/t15-/m0/s1. The summed E-state index contributed by atoms with van der Waals surface area (Å²) in [6, 6.07) is 10.2. The molecular weight excluding hydrogens is 463 g/mol. The van der Waals surface area contributed by atoms with E-state index in [1.165, 1.54) is 10.9 Å². The molecule has 3 heterocycles. The molecule has 12 heteroatoms. The topological polar surface area (TPSA) is 87.2 Å². The van der Waals surface area contributed by atoms with Crippen LogP contribution in [0.5, 0.6) is 0 Å². The van der Waals surface area contributed by atoms with E-state index in [2.05, 4.69) is 24.9 Å². The smallest absolute Gasteiger partial charge is 0.379 e. The van der Waals surface area contributed by atoms with Gasteiger partial charge in [-0.25, -0.2) is 9.97 Å². The maximum Gasteiger partial charge on any atom is 0.418 e. The van der Waals surface area contributed by atoms with Crippen LogP contribution < -0.4 is 10.0 Å². The molecule has 0 aliphatic carbocycles. The van der Waals surface area contributed by atoms with Gasteiger partial charge in [0, 0.05) is 31.1 Å². The van der Waals surface area contributed by atoms with Gasteiger partial charge in [0.2, 0.25) is 0 Å². The molecule has 1 fully saturated rings. The molecule has 0 radical (unpaired) electrons. The Morgan fingerprint density at radius 3 is 2.66 bits per heavy atom. The van der Waals surface area contributed by atoms with Gasteiger partial charge in [0.1, 0.15) is 0 Å². The zero-order chi connectivity index (χ0) is 22.8. The van der Waals surface area contributed by atoms with Gasteiger partial charge in [-0.05, 0) is 18.1 Å². The maximum atomic E-state index is 13.7. The monoisotopic (exact) mass is 483 g/mol. The van der Waals surface area contributed by atoms with Crippen molar-refractivity contribution in [2.24, 2.45) is 0 Å². The van der Waals surface area contributed by atoms with Crippen molar-refractivity contribution >= 4 is 32.9 Å². The largest absolute Gasteiger partial charge is 0.418 e. The third-order valence-electron chi connectivity index (χ3n) is 5.01. The van der Waals surface area contributed by atoms with E-state index >= 15 is 0 Å². The Hall–Kier alpha value is -2.70. The molecular formula is C20H20F3N5O2S2. The molecule has 2 N–H and O–H groups in total. The van der Waals surface area contributed by atoms with E-state index in [1.54, 1.807) is 0 Å². The summed E-state index contributed by atoms with van der Waals surface area (Å²) in [6.45, 7) is 2.02. The normalized spacial score (nSPS) is 17.4. The van der Waals surface area contributed by atoms with Crippen LogP contribution in [-0.4, -0.2) is 42.4 Å². The number of sulfonamides is 1. The second kappa shape index (κ2) is 9.04. The van der Waals surface area contributed by atoms with E-state index < -0.39 is 26.8 Å². The van der Waals surface area contributed by atoms with Crippen molar-refractivity contribution in [2.75, 3.05) is 23.1 Å². The fraction of sp³-hybridized carbons (Fsp3) is 0.300. The van der Waals surface area contributed by atoms with Crippen LogP contribution >= 0.6 is 11.3 Å². The number of halogens is 3. The Bertz CT molecular complexity index is 1160. The Morgan fingerprint density at radius 1 is 1.19 bits per heavy atom. The number of pyridine rings is 1. The molecule has 1 saturated heterocycles. The van der Waals surface area contributed by atoms with Gasteiger partial charge in [-0.15, -0.1) is 11.3 Å². The zero-order valence-corrected chi connectivity index (χ0v) is 18.3. The van der Waals surface area contributed by atoms with Crippen LogP contribution in [0.3, 0.4) is 0 Å². The van der Waals surface area contributed by atoms with Crippen LogP contribution in [0.4, 0.5) is 24.7 Å². The molecule has 32 heavy (non-hydrogen) atoms. The Morgan fingerprint density at radius 2 is 1.97 bits per heavy atom. The van der Waals surface area contributed by atoms with Gasteiger partial charge in [0.15, 0.2) is 10.8 Å². The first-order valence-electron chi connectivity index (χ1n) is 9.72. The Labute approximate surface area is 187 Å². The van der Waals surface area contributed by atoms with Crippen LogP contribution in [0.2, 0.25) is 0 Å². The number of anilines is 2. The summed E-state index contributed by atoms with van der Waals surface area (Å²) in [5.74, 6) is 0.0250. The summed E-state index contributed by atoms with van der Waals surface area (Å²) < 4.78 is 68.2. The van der Waals surface area contributed by atoms with E-state index in [0.717, 1.165) is 29.6 Å². The van der Waals surface area contributed by atoms with Crippen LogP contribution in [0.1, 0.15) is 17.5 Å². The van der Waals surface area contributed by atoms with E-state index in [4.69, 9.17) is 0 Å². The SMILES string of the molecule is O=S(=O)(Nc1cscn1)c1cc(C(F)(F)F)c(N[C@H]2CCN(Cc3ccccc3)C2)cn1. The third kappa shape index (κ3) is 5.37. The van der Waals surface area contributed by atoms with Crippen LogP contribution in [-0.2, 0) is 22.7 Å². The second-order valence-electron chi connectivity index (χ2n) is 7.40. The van der Waals surface area contributed by atoms with Crippen molar-refractivity contribution in [3.05, 3.63) is 64.6 Å². The van der Waals surface area contributed by atoms with Crippen molar-refractivity contribution in [1.82, 2.24) is 14.9 Å². The molecule has 3 aromatic rings. The molecule has 0 spiro atoms. The fourth-order valence-corrected chi connectivity index (χ4v) is 5.06. The van der Waals surface area contributed by atoms with Gasteiger partial charge in [0.25, 0.3) is 10.0 Å². The van der Waals surface area contributed by atoms with E-state index in [9.17, 15) is 21.6 Å². The van der Waals surface area contributed by atoms with Crippen molar-refractivity contribution in [1.29, 1.82) is 0 Å². The van der Waals surface area contributed by atoms with Gasteiger partial charge in [-0.1, -0.05) is 30.3 Å². The highest BCUT2D eigenvalue weighted by Crippen LogP contribution is 2.36. The summed E-state index contributed by atoms with van der Waals surface area (Å²) in [4.78, 5) is 9.72. The van der Waals surface area contributed by atoms with E-state index in [-0.39, 0.29) is 17.5 Å². The number of alkyl halides is 3. The van der Waals surface area contributed by atoms with Gasteiger partial charge < -0.3 is 5.32 Å². The quantitative estimate of drug-likeness (QED) is 0.528. The fourth-order valence-electron chi connectivity index (χ4n) is 3.54. The lowest BCUT2D eigenvalue weighted by molar-refractivity contribution is -0.137. The molecule has 7 nitrogen and oxygen atoms in total. The lowest BCUT2D eigenvalue weighted by atomic mass is 10.2. The van der Waals surface area contributed by atoms with Gasteiger partial charge in [-0.3, -0.25) is 9.62 Å². The highest BCUT2D eigenvalue weighted by molar-refractivity contribution is 7.92. The van der Waals surface area contributed by atoms with Gasteiger partial charge in [0.05, 0.1) is 23.0 Å². The van der Waals surface area contributed by atoms with Crippen molar-refractivity contribution < 1.29 is 21.6 Å². The predicted octanol–water partition coefficient (Wildman–Crippen LogP) is 4.04. The highest BCUT2D eigenvalue weighted by atomic mass is 32.2. The van der Waals surface area contributed by atoms with Crippen LogP contribution in [0.25, 0.3) is 0 Å². The van der Waals surface area contributed by atoms with Gasteiger partial charge >= 0.3 is 6.18 Å².